The topological polar surface area (TPSA) is 64.9 Å². The molecule has 0 saturated carbocycles. The third-order valence-electron chi connectivity index (χ3n) is 2.77. The van der Waals surface area contributed by atoms with Gasteiger partial charge in [0.15, 0.2) is 0 Å². The number of nitrogen functional groups attached to an aromatic ring is 1. The number of aromatic nitrogens is 2. The molecule has 1 aromatic heterocycles. The number of anilines is 1. The Hall–Kier alpha value is -1.66. The van der Waals surface area contributed by atoms with E-state index in [9.17, 15) is 0 Å². The molecular weight excluding hydrogens is 386 g/mol. The van der Waals surface area contributed by atoms with Crippen LogP contribution in [0, 0.1) is 0 Å². The molecule has 4 nitrogen and oxygen atoms in total. The maximum absolute atomic E-state index is 5.85. The number of nitrogens with zero attached hydrogens (tertiary/aromatic N) is 2. The molecular formula is C14H9Br2N3O. The lowest BCUT2D eigenvalue weighted by Crippen LogP contribution is -1.87. The largest absolute Gasteiger partial charge is 0.398 e. The fraction of sp³-hybridized carbons (Fsp3) is 0. The zero-order valence-corrected chi connectivity index (χ0v) is 13.3. The van der Waals surface area contributed by atoms with E-state index in [-0.39, 0.29) is 0 Å². The van der Waals surface area contributed by atoms with E-state index in [4.69, 9.17) is 10.3 Å². The first-order chi connectivity index (χ1) is 9.63. The third kappa shape index (κ3) is 2.62. The Labute approximate surface area is 132 Å². The van der Waals surface area contributed by atoms with E-state index < -0.39 is 0 Å². The van der Waals surface area contributed by atoms with Gasteiger partial charge < -0.3 is 10.3 Å². The minimum atomic E-state index is 0.446. The Balaban J connectivity index is 1.97. The van der Waals surface area contributed by atoms with Gasteiger partial charge in [-0.25, -0.2) is 0 Å². The van der Waals surface area contributed by atoms with E-state index in [1.165, 1.54) is 0 Å². The van der Waals surface area contributed by atoms with Gasteiger partial charge >= 0.3 is 0 Å². The highest BCUT2D eigenvalue weighted by Crippen LogP contribution is 2.27. The summed E-state index contributed by atoms with van der Waals surface area (Å²) in [7, 11) is 0. The van der Waals surface area contributed by atoms with Gasteiger partial charge in [-0.15, -0.1) is 0 Å². The molecule has 3 rings (SSSR count). The van der Waals surface area contributed by atoms with E-state index in [0.717, 1.165) is 20.1 Å². The summed E-state index contributed by atoms with van der Waals surface area (Å²) in [5.41, 5.74) is 8.17. The van der Waals surface area contributed by atoms with Crippen LogP contribution >= 0.6 is 31.9 Å². The highest BCUT2D eigenvalue weighted by molar-refractivity contribution is 9.10. The second kappa shape index (κ2) is 5.38. The van der Waals surface area contributed by atoms with Gasteiger partial charge in [-0.2, -0.15) is 4.98 Å². The van der Waals surface area contributed by atoms with Crippen LogP contribution in [0.25, 0.3) is 22.8 Å². The summed E-state index contributed by atoms with van der Waals surface area (Å²) in [6.07, 6.45) is 0. The van der Waals surface area contributed by atoms with Gasteiger partial charge in [0, 0.05) is 25.8 Å². The van der Waals surface area contributed by atoms with Gasteiger partial charge in [-0.1, -0.05) is 21.1 Å². The zero-order valence-electron chi connectivity index (χ0n) is 10.2. The maximum atomic E-state index is 5.85. The van der Waals surface area contributed by atoms with Gasteiger partial charge in [0.25, 0.3) is 5.89 Å². The lowest BCUT2D eigenvalue weighted by molar-refractivity contribution is 0.432. The molecule has 0 radical (unpaired) electrons. The average Bonchev–Trinajstić information content (AvgIpc) is 2.92. The Bertz CT molecular complexity index is 753. The van der Waals surface area contributed by atoms with Crippen LogP contribution < -0.4 is 5.73 Å². The Morgan fingerprint density at radius 2 is 1.65 bits per heavy atom. The van der Waals surface area contributed by atoms with E-state index >= 15 is 0 Å². The molecule has 2 N–H and O–H groups in total. The molecule has 0 bridgehead atoms. The van der Waals surface area contributed by atoms with Crippen LogP contribution in [0.3, 0.4) is 0 Å². The normalized spacial score (nSPS) is 10.7. The molecule has 0 unspecified atom stereocenters. The van der Waals surface area contributed by atoms with Crippen molar-refractivity contribution in [3.05, 3.63) is 51.4 Å². The van der Waals surface area contributed by atoms with Crippen molar-refractivity contribution < 1.29 is 4.52 Å². The standard InChI is InChI=1S/C14H9Br2N3O/c15-10-4-1-8(2-5-10)13-18-14(20-19-13)9-3-6-11(16)12(17)7-9/h1-7H,17H2. The Kier molecular flexibility index (Phi) is 3.58. The second-order valence-electron chi connectivity index (χ2n) is 4.17. The SMILES string of the molecule is Nc1cc(-c2nc(-c3ccc(Br)cc3)no2)ccc1Br. The number of hydrogen-bond acceptors (Lipinski definition) is 4. The van der Waals surface area contributed by atoms with Gasteiger partial charge in [-0.3, -0.25) is 0 Å². The molecule has 2 aromatic carbocycles. The van der Waals surface area contributed by atoms with Crippen molar-refractivity contribution in [2.45, 2.75) is 0 Å². The van der Waals surface area contributed by atoms with Crippen molar-refractivity contribution in [3.8, 4) is 22.8 Å². The van der Waals surface area contributed by atoms with Crippen LogP contribution in [-0.4, -0.2) is 10.1 Å². The predicted octanol–water partition coefficient (Wildman–Crippen LogP) is 4.51. The van der Waals surface area contributed by atoms with Crippen molar-refractivity contribution in [1.29, 1.82) is 0 Å². The molecule has 0 aliphatic carbocycles. The minimum Gasteiger partial charge on any atom is -0.398 e. The molecule has 0 fully saturated rings. The van der Waals surface area contributed by atoms with Gasteiger partial charge in [0.05, 0.1) is 0 Å². The van der Waals surface area contributed by atoms with Crippen LogP contribution in [0.15, 0.2) is 55.9 Å². The molecule has 0 atom stereocenters. The van der Waals surface area contributed by atoms with Crippen LogP contribution in [-0.2, 0) is 0 Å². The lowest BCUT2D eigenvalue weighted by atomic mass is 10.2. The molecule has 0 amide bonds. The molecule has 100 valence electrons. The van der Waals surface area contributed by atoms with Crippen molar-refractivity contribution >= 4 is 37.5 Å². The molecule has 20 heavy (non-hydrogen) atoms. The first kappa shape index (κ1) is 13.3. The van der Waals surface area contributed by atoms with E-state index in [2.05, 4.69) is 42.0 Å². The van der Waals surface area contributed by atoms with Crippen LogP contribution in [0.1, 0.15) is 0 Å². The van der Waals surface area contributed by atoms with Crippen molar-refractivity contribution in [3.63, 3.8) is 0 Å². The van der Waals surface area contributed by atoms with Crippen LogP contribution in [0.4, 0.5) is 5.69 Å². The fourth-order valence-corrected chi connectivity index (χ4v) is 2.24. The second-order valence-corrected chi connectivity index (χ2v) is 5.94. The minimum absolute atomic E-state index is 0.446. The summed E-state index contributed by atoms with van der Waals surface area (Å²) >= 11 is 6.75. The van der Waals surface area contributed by atoms with E-state index in [1.54, 1.807) is 6.07 Å². The van der Waals surface area contributed by atoms with Crippen molar-refractivity contribution in [2.75, 3.05) is 5.73 Å². The van der Waals surface area contributed by atoms with Crippen molar-refractivity contribution in [2.24, 2.45) is 0 Å². The summed E-state index contributed by atoms with van der Waals surface area (Å²) in [6.45, 7) is 0. The lowest BCUT2D eigenvalue weighted by Gasteiger charge is -1.99. The summed E-state index contributed by atoms with van der Waals surface area (Å²) in [5.74, 6) is 0.996. The third-order valence-corrected chi connectivity index (χ3v) is 4.02. The van der Waals surface area contributed by atoms with E-state index in [1.807, 2.05) is 36.4 Å². The number of hydrogen-bond donors (Lipinski definition) is 1. The number of halogens is 2. The summed E-state index contributed by atoms with van der Waals surface area (Å²) < 4.78 is 7.13. The van der Waals surface area contributed by atoms with E-state index in [0.29, 0.717) is 17.4 Å². The number of nitrogens with two attached hydrogens (primary N) is 1. The summed E-state index contributed by atoms with van der Waals surface area (Å²) in [5, 5.41) is 3.99. The summed E-state index contributed by atoms with van der Waals surface area (Å²) in [4.78, 5) is 4.39. The molecule has 0 saturated heterocycles. The molecule has 6 heteroatoms. The van der Waals surface area contributed by atoms with Gasteiger partial charge in [0.2, 0.25) is 5.82 Å². The first-order valence-electron chi connectivity index (χ1n) is 5.78. The first-order valence-corrected chi connectivity index (χ1v) is 7.37. The Morgan fingerprint density at radius 1 is 0.950 bits per heavy atom. The van der Waals surface area contributed by atoms with Crippen LogP contribution in [0.5, 0.6) is 0 Å². The maximum Gasteiger partial charge on any atom is 0.258 e. The Morgan fingerprint density at radius 3 is 2.35 bits per heavy atom. The average molecular weight is 395 g/mol. The summed E-state index contributed by atoms with van der Waals surface area (Å²) in [6, 6.07) is 13.2. The van der Waals surface area contributed by atoms with Gasteiger partial charge in [-0.05, 0) is 58.4 Å². The number of rotatable bonds is 2. The monoisotopic (exact) mass is 393 g/mol. The quantitative estimate of drug-likeness (QED) is 0.649. The highest BCUT2D eigenvalue weighted by Gasteiger charge is 2.11. The molecule has 3 aromatic rings. The number of benzene rings is 2. The zero-order chi connectivity index (χ0) is 14.1. The molecule has 0 aliphatic heterocycles. The van der Waals surface area contributed by atoms with Crippen molar-refractivity contribution in [1.82, 2.24) is 10.1 Å². The smallest absolute Gasteiger partial charge is 0.258 e. The predicted molar refractivity (Wildman–Crippen MR) is 85.0 cm³/mol. The van der Waals surface area contributed by atoms with Gasteiger partial charge in [0.1, 0.15) is 0 Å². The molecule has 0 spiro atoms. The molecule has 1 heterocycles. The molecule has 0 aliphatic rings. The highest BCUT2D eigenvalue weighted by atomic mass is 79.9. The fourth-order valence-electron chi connectivity index (χ4n) is 1.73. The van der Waals surface area contributed by atoms with Crippen LogP contribution in [0.2, 0.25) is 0 Å².